The minimum absolute atomic E-state index is 0. The van der Waals surface area contributed by atoms with Crippen LogP contribution >= 0.6 is 12.4 Å². The highest BCUT2D eigenvalue weighted by molar-refractivity contribution is 6.06. The Hall–Kier alpha value is -2.84. The number of fused-ring (bicyclic) bond motifs is 1. The van der Waals surface area contributed by atoms with E-state index in [0.29, 0.717) is 30.8 Å². The number of carbonyl (C=O) groups is 2. The van der Waals surface area contributed by atoms with Crippen molar-refractivity contribution in [3.05, 3.63) is 46.8 Å². The molecule has 2 aromatic rings. The number of benzene rings is 2. The molecule has 2 aromatic carbocycles. The molecule has 156 valence electrons. The second-order valence-electron chi connectivity index (χ2n) is 6.39. The highest BCUT2D eigenvalue weighted by Gasteiger charge is 2.20. The predicted octanol–water partition coefficient (Wildman–Crippen LogP) is 3.12. The first-order chi connectivity index (χ1) is 13.4. The van der Waals surface area contributed by atoms with E-state index < -0.39 is 11.7 Å². The minimum atomic E-state index is -0.527. The van der Waals surface area contributed by atoms with Crippen LogP contribution in [-0.2, 0) is 17.8 Å². The van der Waals surface area contributed by atoms with Gasteiger partial charge in [0.15, 0.2) is 11.5 Å². The number of hydrogen-bond donors (Lipinski definition) is 3. The molecule has 3 rings (SSSR count). The molecule has 7 nitrogen and oxygen atoms in total. The van der Waals surface area contributed by atoms with Crippen molar-refractivity contribution >= 4 is 35.6 Å². The summed E-state index contributed by atoms with van der Waals surface area (Å²) in [5.41, 5.74) is 2.10. The summed E-state index contributed by atoms with van der Waals surface area (Å²) in [6, 6.07) is 6.28. The van der Waals surface area contributed by atoms with E-state index in [9.17, 15) is 14.0 Å². The second-order valence-corrected chi connectivity index (χ2v) is 6.39. The Morgan fingerprint density at radius 2 is 1.86 bits per heavy atom. The summed E-state index contributed by atoms with van der Waals surface area (Å²) >= 11 is 0. The van der Waals surface area contributed by atoms with Gasteiger partial charge in [0.05, 0.1) is 25.6 Å². The third-order valence-electron chi connectivity index (χ3n) is 4.51. The summed E-state index contributed by atoms with van der Waals surface area (Å²) in [6.07, 6.45) is 0.563. The maximum Gasteiger partial charge on any atom is 0.255 e. The monoisotopic (exact) mass is 423 g/mol. The number of ether oxygens (including phenoxy) is 2. The molecule has 0 saturated heterocycles. The lowest BCUT2D eigenvalue weighted by Gasteiger charge is -2.20. The molecule has 3 N–H and O–H groups in total. The summed E-state index contributed by atoms with van der Waals surface area (Å²) in [7, 11) is 2.86. The van der Waals surface area contributed by atoms with E-state index in [1.807, 2.05) is 0 Å². The molecule has 0 saturated carbocycles. The molecule has 2 amide bonds. The smallest absolute Gasteiger partial charge is 0.255 e. The van der Waals surface area contributed by atoms with Gasteiger partial charge in [0, 0.05) is 19.0 Å². The normalized spacial score (nSPS) is 12.3. The van der Waals surface area contributed by atoms with Gasteiger partial charge in [-0.1, -0.05) is 6.07 Å². The molecule has 0 bridgehead atoms. The first-order valence-electron chi connectivity index (χ1n) is 8.80. The molecular formula is C20H23ClFN3O4. The summed E-state index contributed by atoms with van der Waals surface area (Å²) in [4.78, 5) is 24.2. The molecule has 0 atom stereocenters. The molecule has 1 aliphatic rings. The summed E-state index contributed by atoms with van der Waals surface area (Å²) in [5, 5.41) is 8.39. The molecule has 0 unspecified atom stereocenters. The largest absolute Gasteiger partial charge is 0.493 e. The zero-order valence-corrected chi connectivity index (χ0v) is 17.2. The Labute approximate surface area is 174 Å². The number of nitrogens with one attached hydrogen (secondary N) is 3. The van der Waals surface area contributed by atoms with Crippen LogP contribution in [0, 0.1) is 5.82 Å². The van der Waals surface area contributed by atoms with Gasteiger partial charge < -0.3 is 25.4 Å². The molecule has 0 radical (unpaired) electrons. The molecule has 0 fully saturated rings. The molecule has 9 heteroatoms. The lowest BCUT2D eigenvalue weighted by atomic mass is 9.99. The maximum atomic E-state index is 14.8. The summed E-state index contributed by atoms with van der Waals surface area (Å²) in [5.74, 6) is -0.708. The van der Waals surface area contributed by atoms with Crippen LogP contribution in [-0.4, -0.2) is 32.6 Å². The van der Waals surface area contributed by atoms with Crippen molar-refractivity contribution in [3.63, 3.8) is 0 Å². The summed E-state index contributed by atoms with van der Waals surface area (Å²) < 4.78 is 25.3. The van der Waals surface area contributed by atoms with Crippen molar-refractivity contribution in [1.29, 1.82) is 0 Å². The first kappa shape index (κ1) is 22.4. The van der Waals surface area contributed by atoms with Crippen LogP contribution in [0.4, 0.5) is 15.8 Å². The number of anilines is 2. The molecule has 0 spiro atoms. The third kappa shape index (κ3) is 4.78. The zero-order valence-electron chi connectivity index (χ0n) is 16.3. The van der Waals surface area contributed by atoms with E-state index in [2.05, 4.69) is 16.0 Å². The van der Waals surface area contributed by atoms with Crippen LogP contribution in [0.25, 0.3) is 0 Å². The number of carbonyl (C=O) groups excluding carboxylic acids is 2. The fourth-order valence-corrected chi connectivity index (χ4v) is 3.20. The number of methoxy groups -OCH3 is 2. The maximum absolute atomic E-state index is 14.8. The van der Waals surface area contributed by atoms with E-state index in [1.165, 1.54) is 33.3 Å². The van der Waals surface area contributed by atoms with Crippen LogP contribution < -0.4 is 25.4 Å². The van der Waals surface area contributed by atoms with Gasteiger partial charge in [0.2, 0.25) is 5.91 Å². The van der Waals surface area contributed by atoms with E-state index >= 15 is 0 Å². The third-order valence-corrected chi connectivity index (χ3v) is 4.51. The number of rotatable bonds is 5. The van der Waals surface area contributed by atoms with Gasteiger partial charge in [0.1, 0.15) is 5.82 Å². The average Bonchev–Trinajstić information content (AvgIpc) is 2.69. The Kier molecular flexibility index (Phi) is 7.41. The zero-order chi connectivity index (χ0) is 20.3. The fourth-order valence-electron chi connectivity index (χ4n) is 3.20. The van der Waals surface area contributed by atoms with Gasteiger partial charge in [-0.25, -0.2) is 4.39 Å². The highest BCUT2D eigenvalue weighted by atomic mass is 35.5. The fraction of sp³-hybridized carbons (Fsp3) is 0.300. The van der Waals surface area contributed by atoms with Crippen molar-refractivity contribution in [2.45, 2.75) is 19.9 Å². The van der Waals surface area contributed by atoms with E-state index in [4.69, 9.17) is 9.47 Å². The van der Waals surface area contributed by atoms with Gasteiger partial charge in [-0.3, -0.25) is 9.59 Å². The van der Waals surface area contributed by atoms with E-state index in [-0.39, 0.29) is 41.0 Å². The van der Waals surface area contributed by atoms with Crippen molar-refractivity contribution in [2.75, 3.05) is 31.4 Å². The van der Waals surface area contributed by atoms with Crippen molar-refractivity contribution < 1.29 is 23.5 Å². The minimum Gasteiger partial charge on any atom is -0.493 e. The van der Waals surface area contributed by atoms with Crippen LogP contribution in [0.3, 0.4) is 0 Å². The quantitative estimate of drug-likeness (QED) is 0.687. The van der Waals surface area contributed by atoms with Crippen molar-refractivity contribution in [3.8, 4) is 11.5 Å². The molecular weight excluding hydrogens is 401 g/mol. The average molecular weight is 424 g/mol. The molecule has 1 aliphatic heterocycles. The predicted molar refractivity (Wildman–Crippen MR) is 111 cm³/mol. The van der Waals surface area contributed by atoms with Gasteiger partial charge in [0.25, 0.3) is 5.91 Å². The molecule has 29 heavy (non-hydrogen) atoms. The van der Waals surface area contributed by atoms with Crippen molar-refractivity contribution in [2.24, 2.45) is 0 Å². The van der Waals surface area contributed by atoms with E-state index in [0.717, 1.165) is 5.56 Å². The Morgan fingerprint density at radius 1 is 1.10 bits per heavy atom. The van der Waals surface area contributed by atoms with Crippen LogP contribution in [0.1, 0.15) is 28.4 Å². The SMILES string of the molecule is COc1cc(C(=O)Nc2ccc3c(c2F)CCNC3)cc(NC(C)=O)c1OC.Cl. The van der Waals surface area contributed by atoms with Gasteiger partial charge in [-0.2, -0.15) is 0 Å². The van der Waals surface area contributed by atoms with E-state index in [1.54, 1.807) is 12.1 Å². The lowest BCUT2D eigenvalue weighted by molar-refractivity contribution is -0.114. The highest BCUT2D eigenvalue weighted by Crippen LogP contribution is 2.37. The molecule has 0 aliphatic carbocycles. The van der Waals surface area contributed by atoms with Crippen LogP contribution in [0.5, 0.6) is 11.5 Å². The molecule has 0 aromatic heterocycles. The number of hydrogen-bond acceptors (Lipinski definition) is 5. The Balaban J connectivity index is 0.00000300. The van der Waals surface area contributed by atoms with Gasteiger partial charge in [-0.15, -0.1) is 12.4 Å². The lowest BCUT2D eigenvalue weighted by Crippen LogP contribution is -2.25. The topological polar surface area (TPSA) is 88.7 Å². The van der Waals surface area contributed by atoms with Crippen LogP contribution in [0.2, 0.25) is 0 Å². The summed E-state index contributed by atoms with van der Waals surface area (Å²) in [6.45, 7) is 2.64. The standard InChI is InChI=1S/C20H22FN3O4.ClH/c1-11(25)23-16-8-13(9-17(27-2)19(16)28-3)20(26)24-15-5-4-12-10-22-7-6-14(12)18(15)21;/h4-5,8-9,22H,6-7,10H2,1-3H3,(H,23,25)(H,24,26);1H. The van der Waals surface area contributed by atoms with Crippen molar-refractivity contribution in [1.82, 2.24) is 5.32 Å². The number of halogens is 2. The Bertz CT molecular complexity index is 936. The van der Waals surface area contributed by atoms with Crippen LogP contribution in [0.15, 0.2) is 24.3 Å². The van der Waals surface area contributed by atoms with Gasteiger partial charge >= 0.3 is 0 Å². The Morgan fingerprint density at radius 3 is 2.52 bits per heavy atom. The second kappa shape index (κ2) is 9.58. The first-order valence-corrected chi connectivity index (χ1v) is 8.80. The molecule has 1 heterocycles. The van der Waals surface area contributed by atoms with Gasteiger partial charge in [-0.05, 0) is 42.3 Å². The number of amides is 2.